The molecular formula is C8H14ClNO2. The number of aliphatic carboxylic acids is 1. The number of nitrogens with one attached hydrogen (secondary N) is 1. The van der Waals surface area contributed by atoms with Crippen molar-refractivity contribution in [3.05, 3.63) is 0 Å². The Morgan fingerprint density at radius 2 is 1.92 bits per heavy atom. The highest BCUT2D eigenvalue weighted by Crippen LogP contribution is 2.31. The van der Waals surface area contributed by atoms with Crippen molar-refractivity contribution < 1.29 is 9.90 Å². The Morgan fingerprint density at radius 3 is 2.58 bits per heavy atom. The van der Waals surface area contributed by atoms with Crippen molar-refractivity contribution in [1.29, 1.82) is 0 Å². The van der Waals surface area contributed by atoms with Gasteiger partial charge in [0.2, 0.25) is 0 Å². The van der Waals surface area contributed by atoms with Crippen molar-refractivity contribution in [2.24, 2.45) is 5.92 Å². The fourth-order valence-corrected chi connectivity index (χ4v) is 2.27. The second-order valence-electron chi connectivity index (χ2n) is 3.57. The fourth-order valence-electron chi connectivity index (χ4n) is 2.27. The highest BCUT2D eigenvalue weighted by molar-refractivity contribution is 5.85. The van der Waals surface area contributed by atoms with Crippen LogP contribution in [0.4, 0.5) is 0 Å². The number of piperidine rings is 1. The normalized spacial score (nSPS) is 38.8. The van der Waals surface area contributed by atoms with Crippen LogP contribution in [0.2, 0.25) is 0 Å². The summed E-state index contributed by atoms with van der Waals surface area (Å²) in [6, 6.07) is 0.891. The molecule has 2 heterocycles. The highest BCUT2D eigenvalue weighted by atomic mass is 35.5. The van der Waals surface area contributed by atoms with Gasteiger partial charge in [-0.2, -0.15) is 0 Å². The lowest BCUT2D eigenvalue weighted by Crippen LogP contribution is -2.43. The molecule has 4 heteroatoms. The maximum absolute atomic E-state index is 10.7. The predicted octanol–water partition coefficient (Wildman–Crippen LogP) is 1.02. The molecule has 2 N–H and O–H groups in total. The van der Waals surface area contributed by atoms with Crippen LogP contribution in [0.25, 0.3) is 0 Å². The van der Waals surface area contributed by atoms with Crippen LogP contribution in [0.5, 0.6) is 0 Å². The molecule has 2 aliphatic heterocycles. The summed E-state index contributed by atoms with van der Waals surface area (Å²) in [5, 5.41) is 12.2. The van der Waals surface area contributed by atoms with E-state index in [4.69, 9.17) is 5.11 Å². The van der Waals surface area contributed by atoms with Crippen LogP contribution in [-0.2, 0) is 4.79 Å². The summed E-state index contributed by atoms with van der Waals surface area (Å²) in [5.41, 5.74) is 0. The summed E-state index contributed by atoms with van der Waals surface area (Å²) in [4.78, 5) is 10.7. The van der Waals surface area contributed by atoms with Gasteiger partial charge in [0.25, 0.3) is 0 Å². The molecule has 0 spiro atoms. The van der Waals surface area contributed by atoms with Gasteiger partial charge in [0, 0.05) is 12.1 Å². The van der Waals surface area contributed by atoms with Crippen LogP contribution >= 0.6 is 12.4 Å². The Kier molecular flexibility index (Phi) is 2.96. The lowest BCUT2D eigenvalue weighted by Gasteiger charge is -2.26. The van der Waals surface area contributed by atoms with Crippen molar-refractivity contribution in [3.8, 4) is 0 Å². The first-order valence-corrected chi connectivity index (χ1v) is 4.26. The molecule has 0 aliphatic carbocycles. The van der Waals surface area contributed by atoms with E-state index in [1.165, 1.54) is 6.42 Å². The molecule has 2 fully saturated rings. The zero-order valence-electron chi connectivity index (χ0n) is 6.82. The minimum atomic E-state index is -0.622. The third-order valence-electron chi connectivity index (χ3n) is 2.90. The predicted molar refractivity (Wildman–Crippen MR) is 47.6 cm³/mol. The van der Waals surface area contributed by atoms with Gasteiger partial charge in [-0.15, -0.1) is 12.4 Å². The number of carbonyl (C=O) groups is 1. The van der Waals surface area contributed by atoms with E-state index in [1.54, 1.807) is 0 Å². The van der Waals surface area contributed by atoms with Crippen LogP contribution in [0, 0.1) is 5.92 Å². The molecule has 0 aromatic heterocycles. The molecule has 0 aromatic rings. The molecule has 2 rings (SSSR count). The monoisotopic (exact) mass is 191 g/mol. The number of halogens is 1. The van der Waals surface area contributed by atoms with Gasteiger partial charge in [0.1, 0.15) is 0 Å². The largest absolute Gasteiger partial charge is 0.481 e. The lowest BCUT2D eigenvalue weighted by molar-refractivity contribution is -0.143. The Labute approximate surface area is 77.9 Å². The van der Waals surface area contributed by atoms with Crippen molar-refractivity contribution in [2.75, 3.05) is 0 Å². The Hall–Kier alpha value is -0.280. The maximum Gasteiger partial charge on any atom is 0.308 e. The zero-order chi connectivity index (χ0) is 7.84. The number of carboxylic acids is 1. The standard InChI is InChI=1S/C8H13NO2.ClH/c10-8(11)6-3-1-5-2-4-7(6)9-5;/h5-7,9H,1-4H2,(H,10,11);1H/t5-,6+,7-;/m1./s1. The summed E-state index contributed by atoms with van der Waals surface area (Å²) in [5.74, 6) is -0.739. The van der Waals surface area contributed by atoms with Crippen molar-refractivity contribution in [1.82, 2.24) is 5.32 Å². The molecule has 3 nitrogen and oxygen atoms in total. The van der Waals surface area contributed by atoms with Crippen molar-refractivity contribution >= 4 is 18.4 Å². The zero-order valence-corrected chi connectivity index (χ0v) is 7.64. The average molecular weight is 192 g/mol. The minimum Gasteiger partial charge on any atom is -0.481 e. The van der Waals surface area contributed by atoms with Gasteiger partial charge in [-0.05, 0) is 25.7 Å². The molecular weight excluding hydrogens is 178 g/mol. The smallest absolute Gasteiger partial charge is 0.308 e. The molecule has 2 aliphatic rings. The summed E-state index contributed by atoms with van der Waals surface area (Å²) in [6.45, 7) is 0. The molecule has 0 saturated carbocycles. The first kappa shape index (κ1) is 9.81. The lowest BCUT2D eigenvalue weighted by atomic mass is 9.92. The van der Waals surface area contributed by atoms with E-state index in [1.807, 2.05) is 0 Å². The number of rotatable bonds is 1. The molecule has 2 saturated heterocycles. The maximum atomic E-state index is 10.7. The van der Waals surface area contributed by atoms with Gasteiger partial charge in [-0.1, -0.05) is 0 Å². The second-order valence-corrected chi connectivity index (χ2v) is 3.57. The average Bonchev–Trinajstić information content (AvgIpc) is 2.32. The summed E-state index contributed by atoms with van der Waals surface area (Å²) in [6.07, 6.45) is 4.15. The SMILES string of the molecule is Cl.O=C(O)[C@H]1CC[C@@H]2CC[C@H]1N2. The van der Waals surface area contributed by atoms with Gasteiger partial charge < -0.3 is 10.4 Å². The third kappa shape index (κ3) is 1.57. The molecule has 0 aromatic carbocycles. The van der Waals surface area contributed by atoms with E-state index in [0.29, 0.717) is 6.04 Å². The molecule has 70 valence electrons. The van der Waals surface area contributed by atoms with Crippen molar-refractivity contribution in [3.63, 3.8) is 0 Å². The van der Waals surface area contributed by atoms with Crippen molar-refractivity contribution in [2.45, 2.75) is 37.8 Å². The van der Waals surface area contributed by atoms with Gasteiger partial charge >= 0.3 is 5.97 Å². The van der Waals surface area contributed by atoms with Crippen LogP contribution in [0.1, 0.15) is 25.7 Å². The van der Waals surface area contributed by atoms with Gasteiger partial charge in [0.15, 0.2) is 0 Å². The van der Waals surface area contributed by atoms with Gasteiger partial charge in [-0.25, -0.2) is 0 Å². The van der Waals surface area contributed by atoms with E-state index >= 15 is 0 Å². The minimum absolute atomic E-state index is 0. The molecule has 0 radical (unpaired) electrons. The van der Waals surface area contributed by atoms with E-state index in [2.05, 4.69) is 5.32 Å². The quantitative estimate of drug-likeness (QED) is 0.651. The number of carboxylic acid groups (broad SMARTS) is 1. The Bertz CT molecular complexity index is 186. The topological polar surface area (TPSA) is 49.3 Å². The van der Waals surface area contributed by atoms with Gasteiger partial charge in [-0.3, -0.25) is 4.79 Å². The molecule has 12 heavy (non-hydrogen) atoms. The Morgan fingerprint density at radius 1 is 1.25 bits per heavy atom. The van der Waals surface area contributed by atoms with Crippen LogP contribution in [0.15, 0.2) is 0 Å². The van der Waals surface area contributed by atoms with Crippen LogP contribution in [0.3, 0.4) is 0 Å². The first-order chi connectivity index (χ1) is 5.27. The van der Waals surface area contributed by atoms with E-state index < -0.39 is 5.97 Å². The van der Waals surface area contributed by atoms with E-state index in [9.17, 15) is 4.79 Å². The van der Waals surface area contributed by atoms with E-state index in [-0.39, 0.29) is 24.4 Å². The third-order valence-corrected chi connectivity index (χ3v) is 2.90. The van der Waals surface area contributed by atoms with Gasteiger partial charge in [0.05, 0.1) is 5.92 Å². The van der Waals surface area contributed by atoms with E-state index in [0.717, 1.165) is 19.3 Å². The number of hydrogen-bond acceptors (Lipinski definition) is 2. The summed E-state index contributed by atoms with van der Waals surface area (Å²) >= 11 is 0. The van der Waals surface area contributed by atoms with Crippen LogP contribution in [-0.4, -0.2) is 23.2 Å². The van der Waals surface area contributed by atoms with Crippen LogP contribution < -0.4 is 5.32 Å². The number of hydrogen-bond donors (Lipinski definition) is 2. The fraction of sp³-hybridized carbons (Fsp3) is 0.875. The molecule has 2 bridgehead atoms. The molecule has 0 unspecified atom stereocenters. The second kappa shape index (κ2) is 3.62. The summed E-state index contributed by atoms with van der Waals surface area (Å²) in [7, 11) is 0. The highest BCUT2D eigenvalue weighted by Gasteiger charge is 2.38. The molecule has 3 atom stereocenters. The first-order valence-electron chi connectivity index (χ1n) is 4.26. The molecule has 0 amide bonds. The Balaban J connectivity index is 0.000000720. The summed E-state index contributed by atoms with van der Waals surface area (Å²) < 4.78 is 0. The number of fused-ring (bicyclic) bond motifs is 2.